The molecule has 0 N–H and O–H groups in total. The van der Waals surface area contributed by atoms with Crippen molar-refractivity contribution in [3.63, 3.8) is 0 Å². The van der Waals surface area contributed by atoms with E-state index in [4.69, 9.17) is 0 Å². The molecule has 0 saturated heterocycles. The third kappa shape index (κ3) is 3.30. The predicted molar refractivity (Wildman–Crippen MR) is 73.2 cm³/mol. The van der Waals surface area contributed by atoms with Crippen LogP contribution in [0.15, 0.2) is 24.3 Å². The quantitative estimate of drug-likeness (QED) is 0.769. The maximum absolute atomic E-state index is 2.58. The van der Waals surface area contributed by atoms with Crippen LogP contribution in [-0.2, 0) is 13.0 Å². The van der Waals surface area contributed by atoms with Gasteiger partial charge >= 0.3 is 0 Å². The summed E-state index contributed by atoms with van der Waals surface area (Å²) in [6.07, 6.45) is 1.22. The SMILES string of the molecule is CCN(CC)CCN1CCc2ccccc2C1. The molecular formula is C15H24N2. The normalized spacial score (nSPS) is 16.2. The van der Waals surface area contributed by atoms with Crippen LogP contribution in [0.2, 0.25) is 0 Å². The Morgan fingerprint density at radius 2 is 1.82 bits per heavy atom. The van der Waals surface area contributed by atoms with Crippen LogP contribution in [0.25, 0.3) is 0 Å². The van der Waals surface area contributed by atoms with Crippen LogP contribution < -0.4 is 0 Å². The minimum absolute atomic E-state index is 1.14. The van der Waals surface area contributed by atoms with Crippen LogP contribution in [0.1, 0.15) is 25.0 Å². The highest BCUT2D eigenvalue weighted by atomic mass is 15.2. The molecule has 1 aliphatic rings. The van der Waals surface area contributed by atoms with Crippen LogP contribution >= 0.6 is 0 Å². The molecule has 1 heterocycles. The summed E-state index contributed by atoms with van der Waals surface area (Å²) in [6.45, 7) is 11.6. The number of hydrogen-bond donors (Lipinski definition) is 0. The van der Waals surface area contributed by atoms with Gasteiger partial charge < -0.3 is 4.90 Å². The first-order chi connectivity index (χ1) is 8.33. The summed E-state index contributed by atoms with van der Waals surface area (Å²) in [5.74, 6) is 0. The molecule has 1 aromatic rings. The minimum Gasteiger partial charge on any atom is -0.303 e. The van der Waals surface area contributed by atoms with Crippen molar-refractivity contribution in [1.82, 2.24) is 9.80 Å². The summed E-state index contributed by atoms with van der Waals surface area (Å²) < 4.78 is 0. The van der Waals surface area contributed by atoms with Gasteiger partial charge in [0.25, 0.3) is 0 Å². The molecule has 1 aliphatic heterocycles. The van der Waals surface area contributed by atoms with Gasteiger partial charge in [0.1, 0.15) is 0 Å². The highest BCUT2D eigenvalue weighted by molar-refractivity contribution is 5.28. The maximum atomic E-state index is 2.58. The molecule has 17 heavy (non-hydrogen) atoms. The van der Waals surface area contributed by atoms with E-state index in [0.717, 1.165) is 6.54 Å². The smallest absolute Gasteiger partial charge is 0.0237 e. The summed E-state index contributed by atoms with van der Waals surface area (Å²) in [4.78, 5) is 5.08. The van der Waals surface area contributed by atoms with Crippen molar-refractivity contribution in [2.45, 2.75) is 26.8 Å². The lowest BCUT2D eigenvalue weighted by Crippen LogP contribution is -2.37. The molecule has 2 rings (SSSR count). The molecule has 0 radical (unpaired) electrons. The summed E-state index contributed by atoms with van der Waals surface area (Å²) >= 11 is 0. The van der Waals surface area contributed by atoms with Crippen molar-refractivity contribution in [3.8, 4) is 0 Å². The van der Waals surface area contributed by atoms with E-state index in [9.17, 15) is 0 Å². The second-order valence-corrected chi connectivity index (χ2v) is 4.82. The number of hydrogen-bond acceptors (Lipinski definition) is 2. The lowest BCUT2D eigenvalue weighted by molar-refractivity contribution is 0.202. The average Bonchev–Trinajstić information content (AvgIpc) is 2.40. The molecule has 1 aromatic carbocycles. The van der Waals surface area contributed by atoms with Crippen LogP contribution in [-0.4, -0.2) is 42.5 Å². The van der Waals surface area contributed by atoms with Gasteiger partial charge in [0.15, 0.2) is 0 Å². The third-order valence-electron chi connectivity index (χ3n) is 3.84. The van der Waals surface area contributed by atoms with E-state index in [0.29, 0.717) is 0 Å². The molecule has 0 amide bonds. The van der Waals surface area contributed by atoms with Crippen molar-refractivity contribution < 1.29 is 0 Å². The number of rotatable bonds is 5. The second kappa shape index (κ2) is 6.18. The lowest BCUT2D eigenvalue weighted by Gasteiger charge is -2.30. The fraction of sp³-hybridized carbons (Fsp3) is 0.600. The van der Waals surface area contributed by atoms with Crippen molar-refractivity contribution in [3.05, 3.63) is 35.4 Å². The first-order valence-corrected chi connectivity index (χ1v) is 6.85. The Kier molecular flexibility index (Phi) is 4.57. The second-order valence-electron chi connectivity index (χ2n) is 4.82. The molecule has 0 aromatic heterocycles. The van der Waals surface area contributed by atoms with Crippen molar-refractivity contribution >= 4 is 0 Å². The Hall–Kier alpha value is -0.860. The maximum Gasteiger partial charge on any atom is 0.0237 e. The van der Waals surface area contributed by atoms with E-state index in [1.807, 2.05) is 0 Å². The molecule has 2 heteroatoms. The summed E-state index contributed by atoms with van der Waals surface area (Å²) in [5, 5.41) is 0. The Balaban J connectivity index is 1.86. The fourth-order valence-corrected chi connectivity index (χ4v) is 2.57. The van der Waals surface area contributed by atoms with Gasteiger partial charge in [0, 0.05) is 26.2 Å². The number of likely N-dealkylation sites (N-methyl/N-ethyl adjacent to an activating group) is 1. The minimum atomic E-state index is 1.14. The van der Waals surface area contributed by atoms with Gasteiger partial charge in [-0.3, -0.25) is 4.90 Å². The summed E-state index contributed by atoms with van der Waals surface area (Å²) in [7, 11) is 0. The van der Waals surface area contributed by atoms with Gasteiger partial charge in [0.2, 0.25) is 0 Å². The largest absolute Gasteiger partial charge is 0.303 e. The van der Waals surface area contributed by atoms with Crippen LogP contribution in [0.4, 0.5) is 0 Å². The van der Waals surface area contributed by atoms with Crippen LogP contribution in [0.5, 0.6) is 0 Å². The van der Waals surface area contributed by atoms with Gasteiger partial charge in [0.05, 0.1) is 0 Å². The van der Waals surface area contributed by atoms with Crippen LogP contribution in [0, 0.1) is 0 Å². The third-order valence-corrected chi connectivity index (χ3v) is 3.84. The first kappa shape index (κ1) is 12.6. The molecule has 0 saturated carbocycles. The van der Waals surface area contributed by atoms with Gasteiger partial charge in [-0.15, -0.1) is 0 Å². The molecule has 0 bridgehead atoms. The van der Waals surface area contributed by atoms with E-state index >= 15 is 0 Å². The lowest BCUT2D eigenvalue weighted by atomic mass is 10.00. The Bertz CT molecular complexity index is 345. The van der Waals surface area contributed by atoms with Crippen molar-refractivity contribution in [2.75, 3.05) is 32.7 Å². The number of benzene rings is 1. The standard InChI is InChI=1S/C15H24N2/c1-3-16(4-2)11-12-17-10-9-14-7-5-6-8-15(14)13-17/h5-8H,3-4,9-13H2,1-2H3. The van der Waals surface area contributed by atoms with Crippen molar-refractivity contribution in [1.29, 1.82) is 0 Å². The van der Waals surface area contributed by atoms with Crippen molar-refractivity contribution in [2.24, 2.45) is 0 Å². The molecule has 0 aliphatic carbocycles. The zero-order chi connectivity index (χ0) is 12.1. The highest BCUT2D eigenvalue weighted by Gasteiger charge is 2.15. The number of fused-ring (bicyclic) bond motifs is 1. The number of nitrogens with zero attached hydrogens (tertiary/aromatic N) is 2. The summed E-state index contributed by atoms with van der Waals surface area (Å²) in [6, 6.07) is 8.87. The van der Waals surface area contributed by atoms with Gasteiger partial charge in [-0.1, -0.05) is 38.1 Å². The van der Waals surface area contributed by atoms with E-state index in [2.05, 4.69) is 47.9 Å². The Morgan fingerprint density at radius 3 is 2.53 bits per heavy atom. The van der Waals surface area contributed by atoms with Crippen LogP contribution in [0.3, 0.4) is 0 Å². The Morgan fingerprint density at radius 1 is 1.12 bits per heavy atom. The zero-order valence-electron chi connectivity index (χ0n) is 11.2. The molecule has 94 valence electrons. The van der Waals surface area contributed by atoms with E-state index < -0.39 is 0 Å². The van der Waals surface area contributed by atoms with E-state index in [-0.39, 0.29) is 0 Å². The highest BCUT2D eigenvalue weighted by Crippen LogP contribution is 2.17. The molecule has 2 nitrogen and oxygen atoms in total. The molecule has 0 atom stereocenters. The van der Waals surface area contributed by atoms with Gasteiger partial charge in [-0.2, -0.15) is 0 Å². The average molecular weight is 232 g/mol. The van der Waals surface area contributed by atoms with E-state index in [1.54, 1.807) is 5.56 Å². The zero-order valence-corrected chi connectivity index (χ0v) is 11.2. The molecular weight excluding hydrogens is 208 g/mol. The summed E-state index contributed by atoms with van der Waals surface area (Å²) in [5.41, 5.74) is 3.07. The predicted octanol–water partition coefficient (Wildman–Crippen LogP) is 2.39. The van der Waals surface area contributed by atoms with E-state index in [1.165, 1.54) is 44.7 Å². The molecule has 0 spiro atoms. The monoisotopic (exact) mass is 232 g/mol. The first-order valence-electron chi connectivity index (χ1n) is 6.85. The molecule has 0 fully saturated rings. The fourth-order valence-electron chi connectivity index (χ4n) is 2.57. The van der Waals surface area contributed by atoms with Gasteiger partial charge in [-0.25, -0.2) is 0 Å². The Labute approximate surface area is 105 Å². The topological polar surface area (TPSA) is 6.48 Å². The molecule has 0 unspecified atom stereocenters. The van der Waals surface area contributed by atoms with Gasteiger partial charge in [-0.05, 0) is 30.6 Å².